The molecule has 1 heteroatoms. The molecule has 1 saturated carbocycles. The van der Waals surface area contributed by atoms with Crippen molar-refractivity contribution < 1.29 is 0 Å². The van der Waals surface area contributed by atoms with Crippen LogP contribution in [0.2, 0.25) is 12.1 Å². The maximum Gasteiger partial charge on any atom is 0.0198 e. The highest BCUT2D eigenvalue weighted by Crippen LogP contribution is 2.43. The molecule has 4 rings (SSSR count). The van der Waals surface area contributed by atoms with E-state index in [2.05, 4.69) is 62.4 Å². The van der Waals surface area contributed by atoms with Crippen molar-refractivity contribution in [2.45, 2.75) is 127 Å². The zero-order valence-corrected chi connectivity index (χ0v) is 23.7. The van der Waals surface area contributed by atoms with Gasteiger partial charge >= 0.3 is 0 Å². The highest BCUT2D eigenvalue weighted by molar-refractivity contribution is 6.35. The summed E-state index contributed by atoms with van der Waals surface area (Å²) in [6.45, 7) is 4.65. The summed E-state index contributed by atoms with van der Waals surface area (Å²) in [5, 5.41) is 0. The highest BCUT2D eigenvalue weighted by Gasteiger charge is 2.33. The fourth-order valence-electron chi connectivity index (χ4n) is 7.06. The van der Waals surface area contributed by atoms with Crippen LogP contribution in [0.4, 0.5) is 0 Å². The Morgan fingerprint density at radius 3 is 1.91 bits per heavy atom. The molecule has 2 aromatic carbocycles. The van der Waals surface area contributed by atoms with E-state index in [0.29, 0.717) is 5.41 Å². The van der Waals surface area contributed by atoms with E-state index in [1.165, 1.54) is 101 Å². The molecule has 0 nitrogen and oxygen atoms in total. The van der Waals surface area contributed by atoms with Crippen molar-refractivity contribution in [1.82, 2.24) is 0 Å². The lowest BCUT2D eigenvalue weighted by Crippen LogP contribution is -2.30. The lowest BCUT2D eigenvalue weighted by Gasteiger charge is -2.38. The average Bonchev–Trinajstić information content (AvgIpc) is 2.90. The lowest BCUT2D eigenvalue weighted by molar-refractivity contribution is 0.303. The zero-order valence-electron chi connectivity index (χ0n) is 22.3. The quantitative estimate of drug-likeness (QED) is 0.224. The minimum Gasteiger partial charge on any atom is -0.0654 e. The second-order valence-corrected chi connectivity index (χ2v) is 13.8. The summed E-state index contributed by atoms with van der Waals surface area (Å²) in [7, 11) is 0.236. The van der Waals surface area contributed by atoms with E-state index >= 15 is 0 Å². The second-order valence-electron chi connectivity index (χ2n) is 11.7. The average molecular weight is 475 g/mol. The molecule has 0 bridgehead atoms. The molecule has 0 spiro atoms. The van der Waals surface area contributed by atoms with Crippen molar-refractivity contribution in [1.29, 1.82) is 0 Å². The van der Waals surface area contributed by atoms with Crippen LogP contribution in [0.15, 0.2) is 48.5 Å². The molecule has 1 heterocycles. The third-order valence-corrected chi connectivity index (χ3v) is 11.1. The van der Waals surface area contributed by atoms with Gasteiger partial charge in [-0.2, -0.15) is 0 Å². The van der Waals surface area contributed by atoms with Gasteiger partial charge in [-0.05, 0) is 84.5 Å². The molecule has 2 aromatic rings. The molecule has 0 unspecified atom stereocenters. The molecule has 0 aromatic heterocycles. The third kappa shape index (κ3) is 6.65. The van der Waals surface area contributed by atoms with Crippen molar-refractivity contribution in [2.24, 2.45) is 5.92 Å². The van der Waals surface area contributed by atoms with Crippen molar-refractivity contribution >= 4 is 9.52 Å². The van der Waals surface area contributed by atoms with Gasteiger partial charge in [0, 0.05) is 9.52 Å². The van der Waals surface area contributed by atoms with Gasteiger partial charge in [0.15, 0.2) is 0 Å². The maximum atomic E-state index is 2.49. The first-order chi connectivity index (χ1) is 16.7. The normalized spacial score (nSPS) is 26.1. The summed E-state index contributed by atoms with van der Waals surface area (Å²) in [5.74, 6) is 1.79. The predicted octanol–water partition coefficient (Wildman–Crippen LogP) is 9.82. The van der Waals surface area contributed by atoms with E-state index < -0.39 is 0 Å². The van der Waals surface area contributed by atoms with Gasteiger partial charge in [0.25, 0.3) is 0 Å². The largest absolute Gasteiger partial charge is 0.0654 e. The van der Waals surface area contributed by atoms with Crippen molar-refractivity contribution in [3.05, 3.63) is 59.7 Å². The fraction of sp³-hybridized carbons (Fsp3) is 0.636. The maximum absolute atomic E-state index is 2.49. The molecular weight excluding hydrogens is 424 g/mol. The van der Waals surface area contributed by atoms with Crippen LogP contribution in [0.3, 0.4) is 0 Å². The van der Waals surface area contributed by atoms with E-state index in [9.17, 15) is 0 Å². The number of hydrogen-bond donors (Lipinski definition) is 0. The fourth-order valence-corrected chi connectivity index (χ4v) is 9.26. The molecule has 1 saturated heterocycles. The van der Waals surface area contributed by atoms with Crippen LogP contribution in [-0.2, 0) is 5.41 Å². The summed E-state index contributed by atoms with van der Waals surface area (Å²) < 4.78 is 0. The van der Waals surface area contributed by atoms with E-state index in [1.54, 1.807) is 23.2 Å². The van der Waals surface area contributed by atoms with Crippen molar-refractivity contribution in [3.8, 4) is 11.1 Å². The van der Waals surface area contributed by atoms with Gasteiger partial charge < -0.3 is 0 Å². The van der Waals surface area contributed by atoms with Crippen molar-refractivity contribution in [3.63, 3.8) is 0 Å². The number of rotatable bonds is 11. The molecule has 0 atom stereocenters. The molecule has 0 N–H and O–H groups in total. The van der Waals surface area contributed by atoms with Crippen LogP contribution in [0, 0.1) is 5.92 Å². The van der Waals surface area contributed by atoms with Gasteiger partial charge in [-0.3, -0.25) is 0 Å². The van der Waals surface area contributed by atoms with E-state index in [0.717, 1.165) is 11.8 Å². The van der Waals surface area contributed by atoms with Crippen LogP contribution in [0.25, 0.3) is 11.1 Å². The zero-order chi connectivity index (χ0) is 23.6. The summed E-state index contributed by atoms with van der Waals surface area (Å²) in [6.07, 6.45) is 19.8. The van der Waals surface area contributed by atoms with Crippen LogP contribution in [0.1, 0.15) is 121 Å². The summed E-state index contributed by atoms with van der Waals surface area (Å²) >= 11 is 0. The molecular formula is C33H50Si. The standard InChI is InChI=1S/C33H50Si/c1-3-5-7-9-27-10-12-28(13-11-27)29-14-16-30(17-15-29)31-18-20-32(21-19-31)33(22-8-6-4-2)23-25-34-26-24-33/h14-21,27-28H,3-13,22-26,34H2,1-2H3. The summed E-state index contributed by atoms with van der Waals surface area (Å²) in [6, 6.07) is 22.6. The van der Waals surface area contributed by atoms with Crippen LogP contribution in [0.5, 0.6) is 0 Å². The van der Waals surface area contributed by atoms with Gasteiger partial charge in [-0.15, -0.1) is 0 Å². The molecule has 1 aliphatic carbocycles. The summed E-state index contributed by atoms with van der Waals surface area (Å²) in [5.41, 5.74) is 6.48. The van der Waals surface area contributed by atoms with Gasteiger partial charge in [-0.1, -0.05) is 119 Å². The Bertz CT molecular complexity index is 820. The molecule has 1 aliphatic heterocycles. The van der Waals surface area contributed by atoms with Crippen molar-refractivity contribution in [2.75, 3.05) is 0 Å². The Morgan fingerprint density at radius 1 is 0.706 bits per heavy atom. The first kappa shape index (κ1) is 25.7. The third-order valence-electron chi connectivity index (χ3n) is 9.34. The van der Waals surface area contributed by atoms with Crippen LogP contribution >= 0.6 is 0 Å². The number of benzene rings is 2. The smallest absolute Gasteiger partial charge is 0.0198 e. The Kier molecular flexibility index (Phi) is 9.92. The Hall–Kier alpha value is -1.34. The van der Waals surface area contributed by atoms with Gasteiger partial charge in [-0.25, -0.2) is 0 Å². The number of unbranched alkanes of at least 4 members (excludes halogenated alkanes) is 4. The van der Waals surface area contributed by atoms with E-state index in [-0.39, 0.29) is 9.52 Å². The first-order valence-corrected chi connectivity index (χ1v) is 16.9. The van der Waals surface area contributed by atoms with Crippen LogP contribution < -0.4 is 0 Å². The SMILES string of the molecule is CCCCCC1CCC(c2ccc(-c3ccc(C4(CCCCC)CC[SiH2]CC4)cc3)cc2)CC1. The van der Waals surface area contributed by atoms with Gasteiger partial charge in [0.05, 0.1) is 0 Å². The lowest BCUT2D eigenvalue weighted by atomic mass is 9.71. The molecule has 2 aliphatic rings. The predicted molar refractivity (Wildman–Crippen MR) is 154 cm³/mol. The molecule has 186 valence electrons. The van der Waals surface area contributed by atoms with Gasteiger partial charge in [0.2, 0.25) is 0 Å². The Balaban J connectivity index is 1.37. The topological polar surface area (TPSA) is 0 Å². The minimum absolute atomic E-state index is 0.236. The van der Waals surface area contributed by atoms with E-state index in [1.807, 2.05) is 0 Å². The number of hydrogen-bond acceptors (Lipinski definition) is 0. The second kappa shape index (κ2) is 13.1. The first-order valence-electron chi connectivity index (χ1n) is 14.9. The Morgan fingerprint density at radius 2 is 1.29 bits per heavy atom. The molecule has 0 radical (unpaired) electrons. The summed E-state index contributed by atoms with van der Waals surface area (Å²) in [4.78, 5) is 0. The van der Waals surface area contributed by atoms with Crippen LogP contribution in [-0.4, -0.2) is 9.52 Å². The minimum atomic E-state index is 0.236. The highest BCUT2D eigenvalue weighted by atomic mass is 28.2. The molecule has 34 heavy (non-hydrogen) atoms. The van der Waals surface area contributed by atoms with E-state index in [4.69, 9.17) is 0 Å². The van der Waals surface area contributed by atoms with Gasteiger partial charge in [0.1, 0.15) is 0 Å². The molecule has 2 fully saturated rings. The molecule has 0 amide bonds. The monoisotopic (exact) mass is 474 g/mol. The Labute approximate surface area is 213 Å².